The number of benzene rings is 1. The first-order valence-corrected chi connectivity index (χ1v) is 15.5. The maximum atomic E-state index is 13.4. The summed E-state index contributed by atoms with van der Waals surface area (Å²) in [5.74, 6) is 2.41. The zero-order chi connectivity index (χ0) is 31.4. The summed E-state index contributed by atoms with van der Waals surface area (Å²) in [6.45, 7) is 3.63. The van der Waals surface area contributed by atoms with Gasteiger partial charge in [-0.1, -0.05) is 30.2 Å². The van der Waals surface area contributed by atoms with Gasteiger partial charge in [0.25, 0.3) is 0 Å². The minimum absolute atomic E-state index is 0.0503. The standard InChI is InChI=1S/C31H39ClN6O7/c1-2-10-41-12-14-43-16-17-44-15-13-42-11-9-33-30(40)24-18-21-5-3-4-6-23(21)27(24)35-28-25-19-34-38(29(25)37-31(32)36-28)26-8-7-22(20-39)45-26/h1,3-6,19,22,24,26-27,39H,7-18,20H2,(H,33,40)(H,35,36,37). The minimum Gasteiger partial charge on any atom is -0.394 e. The molecule has 5 rings (SSSR count). The van der Waals surface area contributed by atoms with Crippen LogP contribution in [-0.4, -0.2) is 103 Å². The number of nitrogens with one attached hydrogen (secondary N) is 2. The van der Waals surface area contributed by atoms with Crippen LogP contribution in [0.25, 0.3) is 11.0 Å². The van der Waals surface area contributed by atoms with Gasteiger partial charge in [-0.25, -0.2) is 4.68 Å². The lowest BCUT2D eigenvalue weighted by Gasteiger charge is -2.22. The number of amides is 1. The Kier molecular flexibility index (Phi) is 12.3. The number of carbonyl (C=O) groups excluding carboxylic acids is 1. The molecule has 1 aromatic carbocycles. The third-order valence-corrected chi connectivity index (χ3v) is 7.87. The van der Waals surface area contributed by atoms with Crippen molar-refractivity contribution in [3.8, 4) is 12.3 Å². The van der Waals surface area contributed by atoms with E-state index in [1.807, 2.05) is 24.3 Å². The summed E-state index contributed by atoms with van der Waals surface area (Å²) < 4.78 is 29.2. The average Bonchev–Trinajstić information content (AvgIpc) is 3.78. The van der Waals surface area contributed by atoms with Gasteiger partial charge in [-0.05, 0) is 42.0 Å². The van der Waals surface area contributed by atoms with Crippen molar-refractivity contribution in [2.75, 3.05) is 71.3 Å². The quantitative estimate of drug-likeness (QED) is 0.106. The highest BCUT2D eigenvalue weighted by molar-refractivity contribution is 6.28. The molecule has 242 valence electrons. The second-order valence-corrected chi connectivity index (χ2v) is 11.0. The number of hydrogen-bond acceptors (Lipinski definition) is 11. The van der Waals surface area contributed by atoms with Crippen molar-refractivity contribution in [2.24, 2.45) is 5.92 Å². The van der Waals surface area contributed by atoms with Crippen LogP contribution in [0.4, 0.5) is 5.82 Å². The van der Waals surface area contributed by atoms with Crippen LogP contribution >= 0.6 is 11.6 Å². The van der Waals surface area contributed by atoms with Gasteiger partial charge in [-0.3, -0.25) is 4.79 Å². The summed E-state index contributed by atoms with van der Waals surface area (Å²) in [4.78, 5) is 22.3. The van der Waals surface area contributed by atoms with Gasteiger partial charge in [-0.15, -0.1) is 6.42 Å². The maximum Gasteiger partial charge on any atom is 0.226 e. The van der Waals surface area contributed by atoms with E-state index in [-0.39, 0.29) is 48.7 Å². The van der Waals surface area contributed by atoms with Gasteiger partial charge < -0.3 is 39.4 Å². The number of carbonyl (C=O) groups is 1. The molecule has 1 amide bonds. The Balaban J connectivity index is 1.12. The Morgan fingerprint density at radius 2 is 1.80 bits per heavy atom. The number of ether oxygens (including phenoxy) is 5. The molecule has 0 bridgehead atoms. The Hall–Kier alpha value is -3.35. The molecule has 45 heavy (non-hydrogen) atoms. The third kappa shape index (κ3) is 8.68. The van der Waals surface area contributed by atoms with E-state index >= 15 is 0 Å². The van der Waals surface area contributed by atoms with Crippen molar-refractivity contribution in [3.63, 3.8) is 0 Å². The van der Waals surface area contributed by atoms with Gasteiger partial charge in [-0.2, -0.15) is 15.1 Å². The number of aliphatic hydroxyl groups excluding tert-OH is 1. The van der Waals surface area contributed by atoms with Gasteiger partial charge in [0.1, 0.15) is 12.4 Å². The fourth-order valence-electron chi connectivity index (χ4n) is 5.55. The molecule has 13 nitrogen and oxygen atoms in total. The average molecular weight is 643 g/mol. The summed E-state index contributed by atoms with van der Waals surface area (Å²) in [7, 11) is 0. The van der Waals surface area contributed by atoms with E-state index in [0.29, 0.717) is 82.5 Å². The second kappa shape index (κ2) is 16.8. The summed E-state index contributed by atoms with van der Waals surface area (Å²) in [5, 5.41) is 21.2. The van der Waals surface area contributed by atoms with E-state index in [0.717, 1.165) is 17.5 Å². The summed E-state index contributed by atoms with van der Waals surface area (Å²) in [5.41, 5.74) is 2.64. The second-order valence-electron chi connectivity index (χ2n) is 10.7. The lowest BCUT2D eigenvalue weighted by atomic mass is 9.99. The number of terminal acetylenes is 1. The molecule has 3 N–H and O–H groups in total. The first-order valence-electron chi connectivity index (χ1n) is 15.1. The molecular formula is C31H39ClN6O7. The lowest BCUT2D eigenvalue weighted by Crippen LogP contribution is -2.37. The van der Waals surface area contributed by atoms with Crippen LogP contribution in [0.5, 0.6) is 0 Å². The van der Waals surface area contributed by atoms with E-state index in [1.54, 1.807) is 10.9 Å². The molecular weight excluding hydrogens is 604 g/mol. The summed E-state index contributed by atoms with van der Waals surface area (Å²) in [6, 6.07) is 7.64. The number of anilines is 1. The van der Waals surface area contributed by atoms with Crippen LogP contribution in [0.15, 0.2) is 30.5 Å². The highest BCUT2D eigenvalue weighted by Gasteiger charge is 2.38. The molecule has 0 radical (unpaired) electrons. The Morgan fingerprint density at radius 3 is 2.53 bits per heavy atom. The Bertz CT molecular complexity index is 1450. The first-order chi connectivity index (χ1) is 22.1. The van der Waals surface area contributed by atoms with Crippen LogP contribution in [-0.2, 0) is 34.9 Å². The Morgan fingerprint density at radius 1 is 1.07 bits per heavy atom. The van der Waals surface area contributed by atoms with Crippen LogP contribution < -0.4 is 10.6 Å². The molecule has 0 spiro atoms. The molecule has 0 saturated carbocycles. The summed E-state index contributed by atoms with van der Waals surface area (Å²) >= 11 is 6.37. The molecule has 4 unspecified atom stereocenters. The van der Waals surface area contributed by atoms with E-state index in [2.05, 4.69) is 31.6 Å². The maximum absolute atomic E-state index is 13.4. The van der Waals surface area contributed by atoms with E-state index in [1.165, 1.54) is 0 Å². The minimum atomic E-state index is -0.384. The molecule has 3 aromatic rings. The number of aliphatic hydroxyl groups is 1. The lowest BCUT2D eigenvalue weighted by molar-refractivity contribution is -0.125. The van der Waals surface area contributed by atoms with Gasteiger partial charge in [0.2, 0.25) is 11.2 Å². The number of aromatic nitrogens is 4. The van der Waals surface area contributed by atoms with Crippen molar-refractivity contribution >= 4 is 34.4 Å². The van der Waals surface area contributed by atoms with Crippen LogP contribution in [0.1, 0.15) is 36.2 Å². The van der Waals surface area contributed by atoms with Gasteiger partial charge in [0, 0.05) is 6.54 Å². The molecule has 1 aliphatic carbocycles. The van der Waals surface area contributed by atoms with Crippen LogP contribution in [0.3, 0.4) is 0 Å². The molecule has 2 aliphatic rings. The largest absolute Gasteiger partial charge is 0.394 e. The van der Waals surface area contributed by atoms with Crippen LogP contribution in [0, 0.1) is 18.3 Å². The SMILES string of the molecule is C#CCOCCOCCOCCOCCNC(=O)C1Cc2ccccc2C1Nc1nc(Cl)nc2c1cnn2C1CCC(CO)O1. The molecule has 1 saturated heterocycles. The number of hydrogen-bond donors (Lipinski definition) is 3. The van der Waals surface area contributed by atoms with Gasteiger partial charge in [0.15, 0.2) is 11.9 Å². The Labute approximate surface area is 266 Å². The molecule has 1 fully saturated rings. The zero-order valence-corrected chi connectivity index (χ0v) is 25.8. The van der Waals surface area contributed by atoms with Gasteiger partial charge in [0.05, 0.1) is 82.5 Å². The molecule has 3 heterocycles. The predicted molar refractivity (Wildman–Crippen MR) is 166 cm³/mol. The number of halogens is 1. The van der Waals surface area contributed by atoms with Crippen molar-refractivity contribution in [3.05, 3.63) is 46.9 Å². The number of fused-ring (bicyclic) bond motifs is 2. The molecule has 14 heteroatoms. The van der Waals surface area contributed by atoms with Gasteiger partial charge >= 0.3 is 0 Å². The van der Waals surface area contributed by atoms with E-state index in [4.69, 9.17) is 41.7 Å². The normalized spacial score (nSPS) is 20.7. The fraction of sp³-hybridized carbons (Fsp3) is 0.548. The smallest absolute Gasteiger partial charge is 0.226 e. The van der Waals surface area contributed by atoms with Crippen molar-refractivity contribution in [1.29, 1.82) is 0 Å². The third-order valence-electron chi connectivity index (χ3n) is 7.70. The zero-order valence-electron chi connectivity index (χ0n) is 25.0. The molecule has 4 atom stereocenters. The highest BCUT2D eigenvalue weighted by atomic mass is 35.5. The highest BCUT2D eigenvalue weighted by Crippen LogP contribution is 2.40. The van der Waals surface area contributed by atoms with Crippen molar-refractivity contribution < 1.29 is 33.6 Å². The van der Waals surface area contributed by atoms with Crippen molar-refractivity contribution in [2.45, 2.75) is 37.6 Å². The van der Waals surface area contributed by atoms with Crippen molar-refractivity contribution in [1.82, 2.24) is 25.1 Å². The predicted octanol–water partition coefficient (Wildman–Crippen LogP) is 2.29. The van der Waals surface area contributed by atoms with E-state index < -0.39 is 0 Å². The van der Waals surface area contributed by atoms with E-state index in [9.17, 15) is 9.90 Å². The number of nitrogens with zero attached hydrogens (tertiary/aromatic N) is 4. The topological polar surface area (TPSA) is 151 Å². The van der Waals surface area contributed by atoms with Crippen LogP contribution in [0.2, 0.25) is 5.28 Å². The fourth-order valence-corrected chi connectivity index (χ4v) is 5.72. The summed E-state index contributed by atoms with van der Waals surface area (Å²) in [6.07, 6.45) is 8.18. The number of rotatable bonds is 18. The molecule has 1 aliphatic heterocycles. The first kappa shape index (κ1) is 33.0. The monoisotopic (exact) mass is 642 g/mol. The molecule has 2 aromatic heterocycles.